The second-order valence-electron chi connectivity index (χ2n) is 5.96. The fourth-order valence-corrected chi connectivity index (χ4v) is 3.25. The second kappa shape index (κ2) is 10.5. The van der Waals surface area contributed by atoms with E-state index in [1.54, 1.807) is 34.4 Å². The Morgan fingerprint density at radius 1 is 1.19 bits per heavy atom. The van der Waals surface area contributed by atoms with Crippen LogP contribution < -0.4 is 5.32 Å². The molecule has 1 aromatic carbocycles. The predicted molar refractivity (Wildman–Crippen MR) is 106 cm³/mol. The van der Waals surface area contributed by atoms with Gasteiger partial charge in [0.15, 0.2) is 0 Å². The fraction of sp³-hybridized carbons (Fsp3) is 0.300. The van der Waals surface area contributed by atoms with Crippen molar-refractivity contribution >= 4 is 23.3 Å². The lowest BCUT2D eigenvalue weighted by atomic mass is 10.2. The molecule has 0 aliphatic rings. The summed E-state index contributed by atoms with van der Waals surface area (Å²) in [7, 11) is 0. The van der Waals surface area contributed by atoms with E-state index in [0.717, 1.165) is 10.4 Å². The van der Waals surface area contributed by atoms with E-state index in [1.165, 1.54) is 17.0 Å². The largest absolute Gasteiger partial charge is 0.338 e. The van der Waals surface area contributed by atoms with Gasteiger partial charge in [0, 0.05) is 24.5 Å². The minimum Gasteiger partial charge on any atom is -0.338 e. The van der Waals surface area contributed by atoms with Gasteiger partial charge in [-0.05, 0) is 36.1 Å². The van der Waals surface area contributed by atoms with Crippen molar-refractivity contribution in [1.82, 2.24) is 15.1 Å². The molecule has 0 aliphatic heterocycles. The Balaban J connectivity index is 2.14. The first-order valence-electron chi connectivity index (χ1n) is 8.71. The van der Waals surface area contributed by atoms with Gasteiger partial charge in [0.05, 0.1) is 6.54 Å². The maximum absolute atomic E-state index is 13.2. The first-order valence-corrected chi connectivity index (χ1v) is 9.59. The standard InChI is InChI=1S/C20H24FN3O2S/c1-3-11-23(20(26)22-4-2)15-19(25)24(14-18-6-5-12-27-18)13-16-7-9-17(21)10-8-16/h3,5-10,12H,1,4,11,13-15H2,2H3,(H,22,26). The van der Waals surface area contributed by atoms with Gasteiger partial charge in [0.1, 0.15) is 12.4 Å². The van der Waals surface area contributed by atoms with E-state index >= 15 is 0 Å². The van der Waals surface area contributed by atoms with Crippen LogP contribution in [0.2, 0.25) is 0 Å². The molecule has 1 N–H and O–H groups in total. The number of halogens is 1. The van der Waals surface area contributed by atoms with Crippen LogP contribution in [0, 0.1) is 5.82 Å². The van der Waals surface area contributed by atoms with Crippen LogP contribution in [0.15, 0.2) is 54.4 Å². The maximum Gasteiger partial charge on any atom is 0.318 e. The van der Waals surface area contributed by atoms with Crippen LogP contribution in [0.4, 0.5) is 9.18 Å². The smallest absolute Gasteiger partial charge is 0.318 e. The molecule has 3 amide bonds. The highest BCUT2D eigenvalue weighted by atomic mass is 32.1. The molecule has 0 radical (unpaired) electrons. The second-order valence-corrected chi connectivity index (χ2v) is 6.99. The number of rotatable bonds is 9. The third kappa shape index (κ3) is 6.53. The zero-order valence-electron chi connectivity index (χ0n) is 15.4. The van der Waals surface area contributed by atoms with Crippen molar-refractivity contribution in [2.75, 3.05) is 19.6 Å². The highest BCUT2D eigenvalue weighted by Crippen LogP contribution is 2.15. The molecule has 0 saturated carbocycles. The van der Waals surface area contributed by atoms with Gasteiger partial charge in [0.25, 0.3) is 0 Å². The average molecular weight is 389 g/mol. The normalized spacial score (nSPS) is 10.3. The number of nitrogens with zero attached hydrogens (tertiary/aromatic N) is 2. The average Bonchev–Trinajstić information content (AvgIpc) is 3.16. The van der Waals surface area contributed by atoms with Crippen LogP contribution >= 0.6 is 11.3 Å². The van der Waals surface area contributed by atoms with Gasteiger partial charge >= 0.3 is 6.03 Å². The molecule has 1 aromatic heterocycles. The number of benzene rings is 1. The summed E-state index contributed by atoms with van der Waals surface area (Å²) in [5.41, 5.74) is 0.828. The first kappa shape index (κ1) is 20.6. The molecule has 5 nitrogen and oxygen atoms in total. The molecule has 0 fully saturated rings. The van der Waals surface area contributed by atoms with Gasteiger partial charge in [-0.2, -0.15) is 0 Å². The van der Waals surface area contributed by atoms with Gasteiger partial charge in [0.2, 0.25) is 5.91 Å². The van der Waals surface area contributed by atoms with Crippen LogP contribution in [0.1, 0.15) is 17.4 Å². The number of urea groups is 1. The van der Waals surface area contributed by atoms with Crippen molar-refractivity contribution in [3.63, 3.8) is 0 Å². The van der Waals surface area contributed by atoms with Crippen molar-refractivity contribution in [2.24, 2.45) is 0 Å². The van der Waals surface area contributed by atoms with Crippen LogP contribution in [0.3, 0.4) is 0 Å². The zero-order valence-corrected chi connectivity index (χ0v) is 16.2. The molecule has 0 unspecified atom stereocenters. The fourth-order valence-electron chi connectivity index (χ4n) is 2.53. The van der Waals surface area contributed by atoms with Crippen molar-refractivity contribution in [2.45, 2.75) is 20.0 Å². The maximum atomic E-state index is 13.2. The Hall–Kier alpha value is -2.67. The van der Waals surface area contributed by atoms with E-state index in [2.05, 4.69) is 11.9 Å². The predicted octanol–water partition coefficient (Wildman–Crippen LogP) is 3.63. The van der Waals surface area contributed by atoms with Crippen molar-refractivity contribution in [3.05, 3.63) is 70.7 Å². The summed E-state index contributed by atoms with van der Waals surface area (Å²) in [6, 6.07) is 9.66. The van der Waals surface area contributed by atoms with E-state index in [4.69, 9.17) is 0 Å². The highest BCUT2D eigenvalue weighted by molar-refractivity contribution is 7.09. The van der Waals surface area contributed by atoms with Crippen LogP contribution in [-0.4, -0.2) is 41.4 Å². The Morgan fingerprint density at radius 2 is 1.93 bits per heavy atom. The summed E-state index contributed by atoms with van der Waals surface area (Å²) in [5.74, 6) is -0.496. The molecule has 144 valence electrons. The molecule has 0 saturated heterocycles. The van der Waals surface area contributed by atoms with E-state index < -0.39 is 0 Å². The Bertz CT molecular complexity index is 747. The van der Waals surface area contributed by atoms with E-state index in [0.29, 0.717) is 19.6 Å². The number of thiophene rings is 1. The molecule has 27 heavy (non-hydrogen) atoms. The molecule has 7 heteroatoms. The lowest BCUT2D eigenvalue weighted by molar-refractivity contribution is -0.133. The topological polar surface area (TPSA) is 52.7 Å². The van der Waals surface area contributed by atoms with Gasteiger partial charge in [-0.3, -0.25) is 4.79 Å². The van der Waals surface area contributed by atoms with Crippen molar-refractivity contribution in [1.29, 1.82) is 0 Å². The molecular formula is C20H24FN3O2S. The molecule has 0 aliphatic carbocycles. The monoisotopic (exact) mass is 389 g/mol. The minimum atomic E-state index is -0.316. The van der Waals surface area contributed by atoms with E-state index in [1.807, 2.05) is 24.4 Å². The molecule has 0 bridgehead atoms. The summed E-state index contributed by atoms with van der Waals surface area (Å²) in [6.45, 7) is 6.96. The third-order valence-electron chi connectivity index (χ3n) is 3.86. The number of hydrogen-bond acceptors (Lipinski definition) is 3. The number of carbonyl (C=O) groups is 2. The molecular weight excluding hydrogens is 365 g/mol. The number of amides is 3. The summed E-state index contributed by atoms with van der Waals surface area (Å²) >= 11 is 1.56. The number of hydrogen-bond donors (Lipinski definition) is 1. The molecule has 2 rings (SSSR count). The molecule has 0 spiro atoms. The van der Waals surface area contributed by atoms with Crippen molar-refractivity contribution < 1.29 is 14.0 Å². The Kier molecular flexibility index (Phi) is 8.00. The SMILES string of the molecule is C=CCN(CC(=O)N(Cc1ccc(F)cc1)Cc1cccs1)C(=O)NCC. The minimum absolute atomic E-state index is 0.0512. The summed E-state index contributed by atoms with van der Waals surface area (Å²) in [6.07, 6.45) is 1.59. The quantitative estimate of drug-likeness (QED) is 0.666. The van der Waals surface area contributed by atoms with E-state index in [-0.39, 0.29) is 30.8 Å². The third-order valence-corrected chi connectivity index (χ3v) is 4.72. The summed E-state index contributed by atoms with van der Waals surface area (Å²) in [5, 5.41) is 4.66. The van der Waals surface area contributed by atoms with Gasteiger partial charge in [-0.1, -0.05) is 24.3 Å². The van der Waals surface area contributed by atoms with Crippen molar-refractivity contribution in [3.8, 4) is 0 Å². The first-order chi connectivity index (χ1) is 13.0. The number of nitrogens with one attached hydrogen (secondary N) is 1. The lowest BCUT2D eigenvalue weighted by Gasteiger charge is -2.27. The Labute approximate surface area is 163 Å². The molecule has 0 atom stereocenters. The van der Waals surface area contributed by atoms with Crippen LogP contribution in [0.5, 0.6) is 0 Å². The lowest BCUT2D eigenvalue weighted by Crippen LogP contribution is -2.46. The summed E-state index contributed by atoms with van der Waals surface area (Å²) < 4.78 is 13.2. The van der Waals surface area contributed by atoms with Crippen LogP contribution in [0.25, 0.3) is 0 Å². The summed E-state index contributed by atoms with van der Waals surface area (Å²) in [4.78, 5) is 29.2. The van der Waals surface area contributed by atoms with Gasteiger partial charge < -0.3 is 15.1 Å². The Morgan fingerprint density at radius 3 is 2.52 bits per heavy atom. The zero-order chi connectivity index (χ0) is 19.6. The van der Waals surface area contributed by atoms with Crippen LogP contribution in [-0.2, 0) is 17.9 Å². The highest BCUT2D eigenvalue weighted by Gasteiger charge is 2.21. The number of carbonyl (C=O) groups excluding carboxylic acids is 2. The molecule has 1 heterocycles. The van der Waals surface area contributed by atoms with Gasteiger partial charge in [-0.15, -0.1) is 17.9 Å². The van der Waals surface area contributed by atoms with Gasteiger partial charge in [-0.25, -0.2) is 9.18 Å². The molecule has 2 aromatic rings. The van der Waals surface area contributed by atoms with E-state index in [9.17, 15) is 14.0 Å².